The van der Waals surface area contributed by atoms with Crippen LogP contribution in [0.2, 0.25) is 0 Å². The molecule has 0 amide bonds. The molecule has 21 heavy (non-hydrogen) atoms. The zero-order valence-corrected chi connectivity index (χ0v) is 13.2. The van der Waals surface area contributed by atoms with Crippen molar-refractivity contribution in [2.45, 2.75) is 31.9 Å². The summed E-state index contributed by atoms with van der Waals surface area (Å²) in [6.07, 6.45) is 2.29. The lowest BCUT2D eigenvalue weighted by atomic mass is 9.94. The largest absolute Gasteiger partial charge is 0.375 e. The minimum absolute atomic E-state index is 0.00748. The lowest BCUT2D eigenvalue weighted by Gasteiger charge is -2.27. The van der Waals surface area contributed by atoms with Gasteiger partial charge in [0, 0.05) is 7.11 Å². The minimum Gasteiger partial charge on any atom is -0.375 e. The third-order valence-electron chi connectivity index (χ3n) is 3.84. The Morgan fingerprint density at radius 3 is 2.33 bits per heavy atom. The maximum Gasteiger partial charge on any atom is 0.102 e. The van der Waals surface area contributed by atoms with Gasteiger partial charge in [-0.05, 0) is 30.2 Å². The number of likely N-dealkylation sites (N-methyl/N-ethyl adjacent to an activating group) is 1. The van der Waals surface area contributed by atoms with E-state index in [1.165, 1.54) is 23.1 Å². The maximum atomic E-state index is 5.78. The first-order chi connectivity index (χ1) is 10.3. The molecule has 0 bridgehead atoms. The van der Waals surface area contributed by atoms with E-state index in [4.69, 9.17) is 4.74 Å². The zero-order chi connectivity index (χ0) is 15.1. The molecular formula is C19H25NO. The molecule has 2 heteroatoms. The van der Waals surface area contributed by atoms with Gasteiger partial charge in [0.2, 0.25) is 0 Å². The van der Waals surface area contributed by atoms with Crippen LogP contribution in [0.3, 0.4) is 0 Å². The van der Waals surface area contributed by atoms with Gasteiger partial charge >= 0.3 is 0 Å². The first kappa shape index (κ1) is 15.7. The second-order valence-electron chi connectivity index (χ2n) is 5.33. The molecule has 2 aromatic rings. The van der Waals surface area contributed by atoms with Crippen molar-refractivity contribution >= 4 is 0 Å². The Kier molecular flexibility index (Phi) is 5.97. The number of ether oxygens (including phenoxy) is 1. The van der Waals surface area contributed by atoms with Gasteiger partial charge in [0.05, 0.1) is 6.04 Å². The van der Waals surface area contributed by atoms with Gasteiger partial charge in [0.25, 0.3) is 0 Å². The summed E-state index contributed by atoms with van der Waals surface area (Å²) in [5.74, 6) is 0. The van der Waals surface area contributed by atoms with Gasteiger partial charge in [0.15, 0.2) is 0 Å². The van der Waals surface area contributed by atoms with Crippen LogP contribution in [0, 0.1) is 0 Å². The Hall–Kier alpha value is -1.64. The second kappa shape index (κ2) is 7.96. The topological polar surface area (TPSA) is 21.3 Å². The standard InChI is InChI=1S/C19H25NO/c1-4-9-15-10-8-13-17(14-15)18(20-2)19(21-3)16-11-6-5-7-12-16/h5-8,10-14,18-20H,4,9H2,1-3H3. The summed E-state index contributed by atoms with van der Waals surface area (Å²) in [6.45, 7) is 2.21. The lowest BCUT2D eigenvalue weighted by Crippen LogP contribution is -2.25. The van der Waals surface area contributed by atoms with Gasteiger partial charge in [-0.2, -0.15) is 0 Å². The van der Waals surface area contributed by atoms with E-state index in [1.807, 2.05) is 13.1 Å². The molecular weight excluding hydrogens is 258 g/mol. The lowest BCUT2D eigenvalue weighted by molar-refractivity contribution is 0.0702. The van der Waals surface area contributed by atoms with Crippen molar-refractivity contribution in [3.63, 3.8) is 0 Å². The van der Waals surface area contributed by atoms with Crippen LogP contribution in [0.1, 0.15) is 42.2 Å². The van der Waals surface area contributed by atoms with Crippen molar-refractivity contribution in [2.24, 2.45) is 0 Å². The highest BCUT2D eigenvalue weighted by Gasteiger charge is 2.23. The molecule has 2 unspecified atom stereocenters. The highest BCUT2D eigenvalue weighted by atomic mass is 16.5. The van der Waals surface area contributed by atoms with E-state index in [1.54, 1.807) is 7.11 Å². The highest BCUT2D eigenvalue weighted by Crippen LogP contribution is 2.31. The molecule has 0 aromatic heterocycles. The molecule has 0 fully saturated rings. The average molecular weight is 283 g/mol. The summed E-state index contributed by atoms with van der Waals surface area (Å²) in [5.41, 5.74) is 3.86. The maximum absolute atomic E-state index is 5.78. The van der Waals surface area contributed by atoms with E-state index in [-0.39, 0.29) is 12.1 Å². The van der Waals surface area contributed by atoms with Crippen molar-refractivity contribution in [3.8, 4) is 0 Å². The van der Waals surface area contributed by atoms with E-state index in [2.05, 4.69) is 60.8 Å². The van der Waals surface area contributed by atoms with E-state index in [9.17, 15) is 0 Å². The fourth-order valence-corrected chi connectivity index (χ4v) is 2.83. The van der Waals surface area contributed by atoms with Crippen molar-refractivity contribution in [2.75, 3.05) is 14.2 Å². The van der Waals surface area contributed by atoms with Crippen molar-refractivity contribution in [1.29, 1.82) is 0 Å². The number of methoxy groups -OCH3 is 1. The molecule has 2 rings (SSSR count). The van der Waals surface area contributed by atoms with Crippen LogP contribution >= 0.6 is 0 Å². The normalized spacial score (nSPS) is 13.9. The molecule has 0 spiro atoms. The Morgan fingerprint density at radius 2 is 1.71 bits per heavy atom. The number of rotatable bonds is 7. The molecule has 0 aliphatic rings. The molecule has 2 aromatic carbocycles. The SMILES string of the molecule is CCCc1cccc(C(NC)C(OC)c2ccccc2)c1. The predicted molar refractivity (Wildman–Crippen MR) is 88.4 cm³/mol. The average Bonchev–Trinajstić information content (AvgIpc) is 2.54. The summed E-state index contributed by atoms with van der Waals surface area (Å²) >= 11 is 0. The Balaban J connectivity index is 2.31. The predicted octanol–water partition coefficient (Wildman–Crippen LogP) is 4.29. The van der Waals surface area contributed by atoms with Crippen molar-refractivity contribution in [1.82, 2.24) is 5.32 Å². The summed E-state index contributed by atoms with van der Waals surface area (Å²) in [4.78, 5) is 0. The highest BCUT2D eigenvalue weighted by molar-refractivity contribution is 5.30. The van der Waals surface area contributed by atoms with E-state index in [0.717, 1.165) is 6.42 Å². The van der Waals surface area contributed by atoms with Crippen LogP contribution < -0.4 is 5.32 Å². The molecule has 0 aliphatic carbocycles. The number of aryl methyl sites for hydroxylation is 1. The smallest absolute Gasteiger partial charge is 0.102 e. The van der Waals surface area contributed by atoms with Crippen molar-refractivity contribution < 1.29 is 4.74 Å². The minimum atomic E-state index is 0.00748. The molecule has 0 aliphatic heterocycles. The molecule has 1 N–H and O–H groups in total. The molecule has 0 heterocycles. The third kappa shape index (κ3) is 3.93. The van der Waals surface area contributed by atoms with Crippen LogP contribution in [0.15, 0.2) is 54.6 Å². The monoisotopic (exact) mass is 283 g/mol. The van der Waals surface area contributed by atoms with Gasteiger partial charge in [-0.1, -0.05) is 67.9 Å². The van der Waals surface area contributed by atoms with E-state index >= 15 is 0 Å². The Bertz CT molecular complexity index is 538. The van der Waals surface area contributed by atoms with Gasteiger partial charge in [-0.25, -0.2) is 0 Å². The molecule has 2 atom stereocenters. The second-order valence-corrected chi connectivity index (χ2v) is 5.33. The fraction of sp³-hybridized carbons (Fsp3) is 0.368. The fourth-order valence-electron chi connectivity index (χ4n) is 2.83. The molecule has 0 saturated heterocycles. The number of hydrogen-bond donors (Lipinski definition) is 1. The van der Waals surface area contributed by atoms with Gasteiger partial charge < -0.3 is 10.1 Å². The summed E-state index contributed by atoms with van der Waals surface area (Å²) in [5, 5.41) is 3.41. The molecule has 112 valence electrons. The van der Waals surface area contributed by atoms with Crippen LogP contribution in [-0.2, 0) is 11.2 Å². The quantitative estimate of drug-likeness (QED) is 0.818. The number of nitrogens with one attached hydrogen (secondary N) is 1. The number of benzene rings is 2. The Labute approximate surface area is 128 Å². The first-order valence-corrected chi connectivity index (χ1v) is 7.64. The first-order valence-electron chi connectivity index (χ1n) is 7.64. The molecule has 0 saturated carbocycles. The molecule has 2 nitrogen and oxygen atoms in total. The van der Waals surface area contributed by atoms with Gasteiger partial charge in [-0.15, -0.1) is 0 Å². The Morgan fingerprint density at radius 1 is 1.00 bits per heavy atom. The van der Waals surface area contributed by atoms with Gasteiger partial charge in [-0.3, -0.25) is 0 Å². The summed E-state index contributed by atoms with van der Waals surface area (Å²) in [6, 6.07) is 19.3. The van der Waals surface area contributed by atoms with Crippen LogP contribution in [0.5, 0.6) is 0 Å². The summed E-state index contributed by atoms with van der Waals surface area (Å²) < 4.78 is 5.78. The van der Waals surface area contributed by atoms with Gasteiger partial charge in [0.1, 0.15) is 6.10 Å². The van der Waals surface area contributed by atoms with E-state index < -0.39 is 0 Å². The van der Waals surface area contributed by atoms with Crippen molar-refractivity contribution in [3.05, 3.63) is 71.3 Å². The van der Waals surface area contributed by atoms with Crippen LogP contribution in [0.25, 0.3) is 0 Å². The van der Waals surface area contributed by atoms with E-state index in [0.29, 0.717) is 0 Å². The molecule has 0 radical (unpaired) electrons. The van der Waals surface area contributed by atoms with Crippen LogP contribution in [-0.4, -0.2) is 14.2 Å². The van der Waals surface area contributed by atoms with Crippen LogP contribution in [0.4, 0.5) is 0 Å². The summed E-state index contributed by atoms with van der Waals surface area (Å²) in [7, 11) is 3.77. The number of hydrogen-bond acceptors (Lipinski definition) is 2. The third-order valence-corrected chi connectivity index (χ3v) is 3.84. The zero-order valence-electron chi connectivity index (χ0n) is 13.2.